The molecule has 0 aliphatic rings. The molecular weight excluding hydrogens is 585 g/mol. The van der Waals surface area contributed by atoms with Crippen LogP contribution in [0.15, 0.2) is 91.3 Å². The van der Waals surface area contributed by atoms with Crippen LogP contribution < -0.4 is 20.7 Å². The average molecular weight is 615 g/mol. The lowest BCUT2D eigenvalue weighted by Gasteiger charge is -2.15. The first kappa shape index (κ1) is 29.8. The van der Waals surface area contributed by atoms with Crippen molar-refractivity contribution < 1.29 is 14.3 Å². The Balaban J connectivity index is 1.15. The molecule has 3 amide bonds. The molecule has 0 unspecified atom stereocenters. The van der Waals surface area contributed by atoms with Gasteiger partial charge >= 0.3 is 6.03 Å². The summed E-state index contributed by atoms with van der Waals surface area (Å²) in [5.74, 6) is 0.142. The number of hydrogen-bond acceptors (Lipinski definition) is 5. The van der Waals surface area contributed by atoms with Crippen molar-refractivity contribution in [2.24, 2.45) is 0 Å². The lowest BCUT2D eigenvalue weighted by Crippen LogP contribution is -2.35. The van der Waals surface area contributed by atoms with E-state index in [2.05, 4.69) is 25.9 Å². The number of carbonyl (C=O) groups is 2. The summed E-state index contributed by atoms with van der Waals surface area (Å²) in [6.45, 7) is 1.72. The van der Waals surface area contributed by atoms with Crippen LogP contribution in [0.4, 0.5) is 16.2 Å². The van der Waals surface area contributed by atoms with E-state index >= 15 is 0 Å². The summed E-state index contributed by atoms with van der Waals surface area (Å²) >= 11 is 13.0. The number of urea groups is 1. The minimum atomic E-state index is -0.503. The Hall–Kier alpha value is -4.66. The van der Waals surface area contributed by atoms with Crippen LogP contribution >= 0.6 is 23.2 Å². The Morgan fingerprint density at radius 3 is 2.49 bits per heavy atom. The first-order valence-electron chi connectivity index (χ1n) is 13.6. The van der Waals surface area contributed by atoms with Crippen LogP contribution in [0.5, 0.6) is 5.75 Å². The number of benzene rings is 3. The van der Waals surface area contributed by atoms with Crippen LogP contribution in [0.3, 0.4) is 0 Å². The van der Waals surface area contributed by atoms with Gasteiger partial charge in [0.05, 0.1) is 17.3 Å². The third-order valence-corrected chi connectivity index (χ3v) is 7.49. The maximum Gasteiger partial charge on any atom is 0.319 e. The summed E-state index contributed by atoms with van der Waals surface area (Å²) in [5, 5.41) is 9.67. The highest BCUT2D eigenvalue weighted by atomic mass is 35.5. The fraction of sp³-hybridized carbons (Fsp3) is 0.152. The molecule has 0 aliphatic heterocycles. The third kappa shape index (κ3) is 8.00. The number of para-hydroxylation sites is 1. The number of rotatable bonds is 10. The van der Waals surface area contributed by atoms with E-state index in [1.807, 2.05) is 67.6 Å². The Kier molecular flexibility index (Phi) is 9.71. The summed E-state index contributed by atoms with van der Waals surface area (Å²) < 4.78 is 6.05. The molecule has 0 fully saturated rings. The van der Waals surface area contributed by atoms with Crippen molar-refractivity contribution in [3.05, 3.63) is 124 Å². The van der Waals surface area contributed by atoms with Crippen molar-refractivity contribution in [3.63, 3.8) is 0 Å². The maximum atomic E-state index is 12.7. The average Bonchev–Trinajstić information content (AvgIpc) is 3.01. The van der Waals surface area contributed by atoms with Gasteiger partial charge in [0.25, 0.3) is 0 Å². The molecule has 0 saturated heterocycles. The smallest absolute Gasteiger partial charge is 0.319 e. The fourth-order valence-electron chi connectivity index (χ4n) is 4.48. The van der Waals surface area contributed by atoms with Gasteiger partial charge in [0.2, 0.25) is 5.91 Å². The molecule has 8 nitrogen and oxygen atoms in total. The quantitative estimate of drug-likeness (QED) is 0.152. The number of nitrogens with one attached hydrogen (secondary N) is 3. The molecule has 43 heavy (non-hydrogen) atoms. The van der Waals surface area contributed by atoms with Gasteiger partial charge in [0, 0.05) is 39.7 Å². The first-order valence-corrected chi connectivity index (χ1v) is 14.4. The van der Waals surface area contributed by atoms with Gasteiger partial charge in [0.15, 0.2) is 0 Å². The van der Waals surface area contributed by atoms with E-state index in [0.29, 0.717) is 27.7 Å². The van der Waals surface area contributed by atoms with E-state index in [9.17, 15) is 9.59 Å². The number of anilines is 2. The summed E-state index contributed by atoms with van der Waals surface area (Å²) in [4.78, 5) is 33.8. The molecule has 3 N–H and O–H groups in total. The second-order valence-electron chi connectivity index (χ2n) is 9.87. The molecule has 3 aromatic carbocycles. The van der Waals surface area contributed by atoms with Gasteiger partial charge < -0.3 is 20.7 Å². The standard InChI is InChI=1S/C33H29Cl2N5O3/c1-21-8-11-24-5-3-7-29(32(24)38-21)43-20-26-27(34)12-13-28(31(26)35)40-30(41)19-37-33(42)39-25-6-2-4-23(18-25)10-9-22-14-16-36-17-15-22/h2-8,11-18H,9-10,19-20H2,1H3,(H,40,41)(H2,37,39,42). The van der Waals surface area contributed by atoms with E-state index in [0.717, 1.165) is 35.0 Å². The highest BCUT2D eigenvalue weighted by Crippen LogP contribution is 2.33. The number of fused-ring (bicyclic) bond motifs is 1. The molecule has 0 aliphatic carbocycles. The summed E-state index contributed by atoms with van der Waals surface area (Å²) in [6.07, 6.45) is 5.22. The molecule has 2 heterocycles. The van der Waals surface area contributed by atoms with Crippen LogP contribution in [0.2, 0.25) is 10.0 Å². The van der Waals surface area contributed by atoms with E-state index < -0.39 is 11.9 Å². The number of aromatic nitrogens is 2. The zero-order valence-electron chi connectivity index (χ0n) is 23.4. The molecule has 5 rings (SSSR count). The van der Waals surface area contributed by atoms with Crippen molar-refractivity contribution in [2.45, 2.75) is 26.4 Å². The number of amides is 3. The minimum absolute atomic E-state index is 0.0678. The van der Waals surface area contributed by atoms with E-state index in [1.165, 1.54) is 5.56 Å². The Bertz CT molecular complexity index is 1770. The second kappa shape index (κ2) is 14.0. The van der Waals surface area contributed by atoms with Crippen LogP contribution in [-0.4, -0.2) is 28.5 Å². The molecule has 10 heteroatoms. The topological polar surface area (TPSA) is 105 Å². The molecular formula is C33H29Cl2N5O3. The normalized spacial score (nSPS) is 10.8. The number of halogens is 2. The monoisotopic (exact) mass is 613 g/mol. The SMILES string of the molecule is Cc1ccc2cccc(OCc3c(Cl)ccc(NC(=O)CNC(=O)Nc4cccc(CCc5ccncc5)c4)c3Cl)c2n1. The van der Waals surface area contributed by atoms with Crippen molar-refractivity contribution in [3.8, 4) is 5.75 Å². The van der Waals surface area contributed by atoms with Crippen LogP contribution in [0.25, 0.3) is 10.9 Å². The molecule has 0 bridgehead atoms. The predicted molar refractivity (Wildman–Crippen MR) is 171 cm³/mol. The van der Waals surface area contributed by atoms with Crippen molar-refractivity contribution in [1.29, 1.82) is 0 Å². The number of pyridine rings is 2. The molecule has 218 valence electrons. The number of carbonyl (C=O) groups excluding carboxylic acids is 2. The molecule has 0 spiro atoms. The molecule has 0 atom stereocenters. The van der Waals surface area contributed by atoms with Gasteiger partial charge in [-0.3, -0.25) is 9.78 Å². The lowest BCUT2D eigenvalue weighted by molar-refractivity contribution is -0.115. The Labute approximate surface area is 259 Å². The predicted octanol–water partition coefficient (Wildman–Crippen LogP) is 7.37. The van der Waals surface area contributed by atoms with Crippen LogP contribution in [0, 0.1) is 6.92 Å². The first-order chi connectivity index (χ1) is 20.9. The summed E-state index contributed by atoms with van der Waals surface area (Å²) in [7, 11) is 0. The van der Waals surface area contributed by atoms with Gasteiger partial charge in [0.1, 0.15) is 17.9 Å². The van der Waals surface area contributed by atoms with Gasteiger partial charge in [-0.2, -0.15) is 0 Å². The highest BCUT2D eigenvalue weighted by molar-refractivity contribution is 6.38. The lowest BCUT2D eigenvalue weighted by atomic mass is 10.1. The van der Waals surface area contributed by atoms with E-state index in [-0.39, 0.29) is 18.2 Å². The van der Waals surface area contributed by atoms with E-state index in [1.54, 1.807) is 30.6 Å². The van der Waals surface area contributed by atoms with Crippen LogP contribution in [0.1, 0.15) is 22.4 Å². The van der Waals surface area contributed by atoms with Gasteiger partial charge in [-0.1, -0.05) is 53.5 Å². The van der Waals surface area contributed by atoms with Gasteiger partial charge in [-0.15, -0.1) is 0 Å². The minimum Gasteiger partial charge on any atom is -0.487 e. The second-order valence-corrected chi connectivity index (χ2v) is 10.7. The number of hydrogen-bond donors (Lipinski definition) is 3. The Morgan fingerprint density at radius 1 is 0.860 bits per heavy atom. The molecule has 0 saturated carbocycles. The summed E-state index contributed by atoms with van der Waals surface area (Å²) in [6, 6.07) is 23.9. The fourth-order valence-corrected chi connectivity index (χ4v) is 5.01. The largest absolute Gasteiger partial charge is 0.487 e. The summed E-state index contributed by atoms with van der Waals surface area (Å²) in [5.41, 5.74) is 5.38. The maximum absolute atomic E-state index is 12.7. The van der Waals surface area contributed by atoms with Crippen molar-refractivity contribution >= 4 is 57.4 Å². The van der Waals surface area contributed by atoms with Crippen molar-refractivity contribution in [2.75, 3.05) is 17.2 Å². The van der Waals surface area contributed by atoms with Gasteiger partial charge in [-0.05, 0) is 79.4 Å². The van der Waals surface area contributed by atoms with Gasteiger partial charge in [-0.25, -0.2) is 9.78 Å². The Morgan fingerprint density at radius 2 is 1.65 bits per heavy atom. The number of nitrogens with zero attached hydrogens (tertiary/aromatic N) is 2. The number of aryl methyl sites for hydroxylation is 3. The molecule has 5 aromatic rings. The van der Waals surface area contributed by atoms with Crippen molar-refractivity contribution in [1.82, 2.24) is 15.3 Å². The zero-order valence-corrected chi connectivity index (χ0v) is 24.9. The number of ether oxygens (including phenoxy) is 1. The molecule has 2 aromatic heterocycles. The third-order valence-electron chi connectivity index (χ3n) is 6.70. The zero-order chi connectivity index (χ0) is 30.2. The highest BCUT2D eigenvalue weighted by Gasteiger charge is 2.15. The molecule has 0 radical (unpaired) electrons. The van der Waals surface area contributed by atoms with E-state index in [4.69, 9.17) is 27.9 Å². The van der Waals surface area contributed by atoms with Crippen LogP contribution in [-0.2, 0) is 24.2 Å².